The normalized spacial score (nSPS) is 20.9. The highest BCUT2D eigenvalue weighted by molar-refractivity contribution is 6.12. The average Bonchev–Trinajstić information content (AvgIpc) is 3.13. The van der Waals surface area contributed by atoms with E-state index in [0.717, 1.165) is 13.1 Å². The van der Waals surface area contributed by atoms with Gasteiger partial charge in [0.1, 0.15) is 30.3 Å². The van der Waals surface area contributed by atoms with Crippen LogP contribution in [0.25, 0.3) is 0 Å². The number of aliphatic hydroxyl groups is 3. The molecule has 0 bridgehead atoms. The molecule has 0 aromatic heterocycles. The monoisotopic (exact) mass is 720 g/mol. The van der Waals surface area contributed by atoms with E-state index in [0.29, 0.717) is 43.4 Å². The zero-order valence-electron chi connectivity index (χ0n) is 29.9. The number of hydrogen-bond acceptors (Lipinski definition) is 14. The molecule has 2 saturated heterocycles. The van der Waals surface area contributed by atoms with Gasteiger partial charge >= 0.3 is 0 Å². The molecule has 2 fully saturated rings. The smallest absolute Gasteiger partial charge is 0.227 e. The van der Waals surface area contributed by atoms with Crippen molar-refractivity contribution in [1.29, 1.82) is 0 Å². The molecule has 15 nitrogen and oxygen atoms in total. The molecule has 0 spiro atoms. The zero-order valence-corrected chi connectivity index (χ0v) is 29.9. The summed E-state index contributed by atoms with van der Waals surface area (Å²) in [6.45, 7) is 6.46. The highest BCUT2D eigenvalue weighted by Gasteiger charge is 2.38. The number of aromatic hydroxyl groups is 1. The van der Waals surface area contributed by atoms with Crippen molar-refractivity contribution >= 4 is 11.7 Å². The molecule has 2 aliphatic heterocycles. The van der Waals surface area contributed by atoms with E-state index in [1.165, 1.54) is 33.5 Å². The Morgan fingerprint density at radius 1 is 0.961 bits per heavy atom. The first-order valence-corrected chi connectivity index (χ1v) is 17.2. The molecule has 284 valence electrons. The molecule has 0 unspecified atom stereocenters. The van der Waals surface area contributed by atoms with Crippen LogP contribution in [0.4, 0.5) is 0 Å². The first-order valence-electron chi connectivity index (χ1n) is 17.2. The Morgan fingerprint density at radius 3 is 2.29 bits per heavy atom. The van der Waals surface area contributed by atoms with Gasteiger partial charge in [0.25, 0.3) is 0 Å². The van der Waals surface area contributed by atoms with Gasteiger partial charge in [0.15, 0.2) is 17.3 Å². The van der Waals surface area contributed by atoms with Crippen LogP contribution in [-0.2, 0) is 36.6 Å². The van der Waals surface area contributed by atoms with Gasteiger partial charge in [-0.2, -0.15) is 0 Å². The molecule has 4 atom stereocenters. The Labute approximate surface area is 298 Å². The van der Waals surface area contributed by atoms with Crippen molar-refractivity contribution in [3.05, 3.63) is 46.5 Å². The number of aliphatic hydroxyl groups excluding tert-OH is 3. The predicted octanol–water partition coefficient (Wildman–Crippen LogP) is 0.777. The lowest BCUT2D eigenvalue weighted by atomic mass is 9.89. The summed E-state index contributed by atoms with van der Waals surface area (Å²) in [5.74, 6) is -0.416. The van der Waals surface area contributed by atoms with E-state index < -0.39 is 42.7 Å². The lowest BCUT2D eigenvalue weighted by molar-refractivity contribution is -0.230. The lowest BCUT2D eigenvalue weighted by Gasteiger charge is -2.36. The first kappa shape index (κ1) is 40.2. The maximum absolute atomic E-state index is 14.3. The number of nitrogens with zero attached hydrogens (tertiary/aromatic N) is 2. The molecule has 0 radical (unpaired) electrons. The molecule has 15 heteroatoms. The second-order valence-corrected chi connectivity index (χ2v) is 12.3. The van der Waals surface area contributed by atoms with Crippen molar-refractivity contribution < 1.29 is 63.2 Å². The minimum Gasteiger partial charge on any atom is -0.507 e. The molecule has 2 aromatic carbocycles. The van der Waals surface area contributed by atoms with Gasteiger partial charge < -0.3 is 58.5 Å². The van der Waals surface area contributed by atoms with Crippen molar-refractivity contribution in [3.8, 4) is 23.0 Å². The number of ketones is 1. The second kappa shape index (κ2) is 19.9. The van der Waals surface area contributed by atoms with Gasteiger partial charge in [-0.15, -0.1) is 0 Å². The summed E-state index contributed by atoms with van der Waals surface area (Å²) < 4.78 is 39.2. The third-order valence-corrected chi connectivity index (χ3v) is 9.05. The highest BCUT2D eigenvalue weighted by atomic mass is 16.7. The molecular formula is C36H52N2O13. The fraction of sp³-hybridized carbons (Fsp3) is 0.611. The summed E-state index contributed by atoms with van der Waals surface area (Å²) in [6.07, 6.45) is -4.86. The molecule has 51 heavy (non-hydrogen) atoms. The number of morpholine rings is 1. The molecule has 2 aliphatic rings. The number of hydrogen-bond donors (Lipinski definition) is 4. The first-order chi connectivity index (χ1) is 24.6. The average molecular weight is 721 g/mol. The van der Waals surface area contributed by atoms with Crippen LogP contribution in [0.5, 0.6) is 23.0 Å². The second-order valence-electron chi connectivity index (χ2n) is 12.3. The molecule has 1 amide bonds. The number of phenols is 1. The van der Waals surface area contributed by atoms with Crippen LogP contribution >= 0.6 is 0 Å². The van der Waals surface area contributed by atoms with Crippen LogP contribution in [0, 0.1) is 0 Å². The Hall–Kier alpha value is -3.54. The van der Waals surface area contributed by atoms with Crippen LogP contribution in [-0.4, -0.2) is 160 Å². The highest BCUT2D eigenvalue weighted by Crippen LogP contribution is 2.38. The topological polar surface area (TPSA) is 186 Å². The molecular weight excluding hydrogens is 668 g/mol. The lowest BCUT2D eigenvalue weighted by Crippen LogP contribution is -2.51. The summed E-state index contributed by atoms with van der Waals surface area (Å²) in [6, 6.07) is 6.04. The van der Waals surface area contributed by atoms with E-state index >= 15 is 0 Å². The van der Waals surface area contributed by atoms with Crippen LogP contribution in [0.2, 0.25) is 0 Å². The van der Waals surface area contributed by atoms with Crippen molar-refractivity contribution in [2.45, 2.75) is 50.8 Å². The van der Waals surface area contributed by atoms with Gasteiger partial charge in [-0.25, -0.2) is 0 Å². The van der Waals surface area contributed by atoms with Crippen molar-refractivity contribution in [1.82, 2.24) is 9.80 Å². The van der Waals surface area contributed by atoms with E-state index in [4.69, 9.17) is 33.2 Å². The Balaban J connectivity index is 1.70. The quantitative estimate of drug-likeness (QED) is 0.149. The zero-order chi connectivity index (χ0) is 36.9. The maximum atomic E-state index is 14.3. The van der Waals surface area contributed by atoms with Crippen LogP contribution in [0.3, 0.4) is 0 Å². The summed E-state index contributed by atoms with van der Waals surface area (Å²) >= 11 is 0. The van der Waals surface area contributed by atoms with E-state index in [1.54, 1.807) is 17.0 Å². The van der Waals surface area contributed by atoms with Gasteiger partial charge in [0.05, 0.1) is 58.2 Å². The standard InChI is InChI=1S/C36H52N2O13/c1-5-24-25(19-32(42)38(11-13-45-2)12-14-46-3)34(26(40)20-29(24)50-33-21-27(41)36(44)31(22-39)51-33)35(43)23-6-7-28(30(18-23)47-4)49-17-10-37-8-15-48-16-9-37/h6-7,18,20,27,31,33,36,39-41,44H,5,8-17,19,21-22H2,1-4H3/t27-,31-,33-,36-/m1/s1. The van der Waals surface area contributed by atoms with Crippen molar-refractivity contribution in [3.63, 3.8) is 0 Å². The number of methoxy groups -OCH3 is 3. The van der Waals surface area contributed by atoms with Gasteiger partial charge in [-0.3, -0.25) is 14.5 Å². The van der Waals surface area contributed by atoms with Crippen LogP contribution in [0.1, 0.15) is 40.4 Å². The Kier molecular flexibility index (Phi) is 15.7. The largest absolute Gasteiger partial charge is 0.507 e. The minimum atomic E-state index is -1.31. The number of ether oxygens (including phenoxy) is 7. The maximum Gasteiger partial charge on any atom is 0.227 e. The van der Waals surface area contributed by atoms with E-state index in [-0.39, 0.29) is 73.9 Å². The van der Waals surface area contributed by atoms with Crippen LogP contribution < -0.4 is 14.2 Å². The van der Waals surface area contributed by atoms with Gasteiger partial charge in [-0.05, 0) is 35.7 Å². The Bertz CT molecular complexity index is 1430. The van der Waals surface area contributed by atoms with Crippen molar-refractivity contribution in [2.24, 2.45) is 0 Å². The molecule has 4 rings (SSSR count). The summed E-state index contributed by atoms with van der Waals surface area (Å²) in [4.78, 5) is 32.0. The third-order valence-electron chi connectivity index (χ3n) is 9.05. The molecule has 0 aliphatic carbocycles. The fourth-order valence-corrected chi connectivity index (χ4v) is 6.17. The summed E-state index contributed by atoms with van der Waals surface area (Å²) in [5, 5.41) is 41.7. The van der Waals surface area contributed by atoms with E-state index in [9.17, 15) is 30.0 Å². The third kappa shape index (κ3) is 10.5. The summed E-state index contributed by atoms with van der Waals surface area (Å²) in [7, 11) is 4.53. The van der Waals surface area contributed by atoms with Gasteiger partial charge in [0, 0.05) is 65.0 Å². The van der Waals surface area contributed by atoms with E-state index in [2.05, 4.69) is 4.90 Å². The number of rotatable bonds is 19. The predicted molar refractivity (Wildman–Crippen MR) is 184 cm³/mol. The van der Waals surface area contributed by atoms with Crippen LogP contribution in [0.15, 0.2) is 24.3 Å². The number of benzene rings is 2. The number of carbonyl (C=O) groups is 2. The Morgan fingerprint density at radius 2 is 1.67 bits per heavy atom. The molecule has 0 saturated carbocycles. The number of phenolic OH excluding ortho intramolecular Hbond substituents is 1. The molecule has 4 N–H and O–H groups in total. The molecule has 2 heterocycles. The van der Waals surface area contributed by atoms with E-state index in [1.807, 2.05) is 6.92 Å². The SMILES string of the molecule is CCc1c(O[C@H]2C[C@@H](O)[C@@H](O)[C@@H](CO)O2)cc(O)c(C(=O)c2ccc(OCCN3CCOCC3)c(OC)c2)c1CC(=O)N(CCOC)CCOC. The number of carbonyl (C=O) groups excluding carboxylic acids is 2. The summed E-state index contributed by atoms with van der Waals surface area (Å²) in [5.41, 5.74) is 0.827. The van der Waals surface area contributed by atoms with Gasteiger partial charge in [0.2, 0.25) is 12.2 Å². The van der Waals surface area contributed by atoms with Crippen molar-refractivity contribution in [2.75, 3.05) is 93.7 Å². The molecule has 2 aromatic rings. The minimum absolute atomic E-state index is 0.0812. The number of amides is 1. The fourth-order valence-electron chi connectivity index (χ4n) is 6.17. The van der Waals surface area contributed by atoms with Gasteiger partial charge in [-0.1, -0.05) is 6.92 Å².